The second kappa shape index (κ2) is 5.17. The highest BCUT2D eigenvalue weighted by Gasteiger charge is 2.38. The van der Waals surface area contributed by atoms with Crippen LogP contribution >= 0.6 is 11.3 Å². The van der Waals surface area contributed by atoms with E-state index in [9.17, 15) is 9.59 Å². The van der Waals surface area contributed by atoms with Crippen LogP contribution in [0.15, 0.2) is 17.5 Å². The van der Waals surface area contributed by atoms with Crippen molar-refractivity contribution in [2.75, 3.05) is 0 Å². The smallest absolute Gasteiger partial charge is 0.328 e. The Morgan fingerprint density at radius 2 is 2.16 bits per heavy atom. The van der Waals surface area contributed by atoms with Gasteiger partial charge in [0.1, 0.15) is 0 Å². The topological polar surface area (TPSA) is 66.4 Å². The third-order valence-corrected chi connectivity index (χ3v) is 4.20. The number of aliphatic carboxylic acids is 1. The Balaban J connectivity index is 2.01. The van der Waals surface area contributed by atoms with Crippen molar-refractivity contribution < 1.29 is 14.7 Å². The second-order valence-corrected chi connectivity index (χ2v) is 6.30. The normalized spacial score (nSPS) is 15.7. The molecule has 0 aromatic carbocycles. The molecule has 19 heavy (non-hydrogen) atoms. The maximum absolute atomic E-state index is 12.1. The molecule has 1 fully saturated rings. The molecule has 2 rings (SSSR count). The van der Waals surface area contributed by atoms with Crippen molar-refractivity contribution in [3.8, 4) is 0 Å². The summed E-state index contributed by atoms with van der Waals surface area (Å²) in [6, 6.07) is 1.71. The Kier molecular flexibility index (Phi) is 3.75. The number of amides is 1. The highest BCUT2D eigenvalue weighted by atomic mass is 32.1. The molecule has 1 aliphatic rings. The van der Waals surface area contributed by atoms with Crippen LogP contribution in [0.1, 0.15) is 41.9 Å². The van der Waals surface area contributed by atoms with Gasteiger partial charge in [-0.2, -0.15) is 0 Å². The van der Waals surface area contributed by atoms with E-state index in [1.54, 1.807) is 11.4 Å². The fraction of sp³-hybridized carbons (Fsp3) is 0.429. The van der Waals surface area contributed by atoms with Crippen LogP contribution in [-0.2, 0) is 4.79 Å². The van der Waals surface area contributed by atoms with Crippen LogP contribution in [0.25, 0.3) is 6.08 Å². The molecular formula is C14H17NO3S. The predicted octanol–water partition coefficient (Wildman–Crippen LogP) is 2.76. The summed E-state index contributed by atoms with van der Waals surface area (Å²) in [6.45, 7) is 4.08. The number of carbonyl (C=O) groups excluding carboxylic acids is 1. The molecule has 5 heteroatoms. The first-order chi connectivity index (χ1) is 8.88. The molecule has 0 radical (unpaired) electrons. The molecule has 0 saturated heterocycles. The highest BCUT2D eigenvalue weighted by molar-refractivity contribution is 7.11. The summed E-state index contributed by atoms with van der Waals surface area (Å²) in [4.78, 5) is 23.3. The summed E-state index contributed by atoms with van der Waals surface area (Å²) >= 11 is 1.36. The zero-order valence-corrected chi connectivity index (χ0v) is 11.8. The first-order valence-corrected chi connectivity index (χ1v) is 7.08. The Morgan fingerprint density at radius 3 is 2.74 bits per heavy atom. The van der Waals surface area contributed by atoms with Gasteiger partial charge in [-0.3, -0.25) is 4.79 Å². The van der Waals surface area contributed by atoms with Crippen molar-refractivity contribution in [2.45, 2.75) is 32.2 Å². The van der Waals surface area contributed by atoms with E-state index >= 15 is 0 Å². The largest absolute Gasteiger partial charge is 0.478 e. The second-order valence-electron chi connectivity index (χ2n) is 5.36. The van der Waals surface area contributed by atoms with E-state index in [0.29, 0.717) is 11.5 Å². The summed E-state index contributed by atoms with van der Waals surface area (Å²) in [7, 11) is 0. The van der Waals surface area contributed by atoms with E-state index in [0.717, 1.165) is 11.0 Å². The third kappa shape index (κ3) is 3.67. The van der Waals surface area contributed by atoms with Gasteiger partial charge in [0.2, 0.25) is 0 Å². The molecule has 1 saturated carbocycles. The predicted molar refractivity (Wildman–Crippen MR) is 75.3 cm³/mol. The molecule has 2 N–H and O–H groups in total. The lowest BCUT2D eigenvalue weighted by Gasteiger charge is -2.25. The molecule has 0 spiro atoms. The summed E-state index contributed by atoms with van der Waals surface area (Å²) in [5.41, 5.74) is 0.416. The van der Waals surface area contributed by atoms with Crippen molar-refractivity contribution in [3.05, 3.63) is 28.0 Å². The van der Waals surface area contributed by atoms with E-state index in [1.807, 2.05) is 13.8 Å². The number of thiophene rings is 1. The Bertz CT molecular complexity index is 527. The minimum absolute atomic E-state index is 0.0943. The van der Waals surface area contributed by atoms with Crippen LogP contribution in [0.3, 0.4) is 0 Å². The zero-order valence-electron chi connectivity index (χ0n) is 11.0. The minimum atomic E-state index is -0.991. The van der Waals surface area contributed by atoms with Crippen LogP contribution in [0.5, 0.6) is 0 Å². The van der Waals surface area contributed by atoms with Crippen molar-refractivity contribution in [1.82, 2.24) is 5.32 Å². The van der Waals surface area contributed by atoms with Gasteiger partial charge in [0, 0.05) is 21.9 Å². The number of carbonyl (C=O) groups is 2. The molecule has 0 atom stereocenters. The maximum Gasteiger partial charge on any atom is 0.328 e. The van der Waals surface area contributed by atoms with Gasteiger partial charge in [0.25, 0.3) is 5.91 Å². The highest BCUT2D eigenvalue weighted by Crippen LogP contribution is 2.39. The molecule has 4 nitrogen and oxygen atoms in total. The number of rotatable bonds is 5. The summed E-state index contributed by atoms with van der Waals surface area (Å²) < 4.78 is 0. The minimum Gasteiger partial charge on any atom is -0.478 e. The van der Waals surface area contributed by atoms with Gasteiger partial charge in [0.05, 0.1) is 5.56 Å². The van der Waals surface area contributed by atoms with Crippen molar-refractivity contribution in [1.29, 1.82) is 0 Å². The monoisotopic (exact) mass is 279 g/mol. The van der Waals surface area contributed by atoms with Crippen molar-refractivity contribution in [3.63, 3.8) is 0 Å². The zero-order chi connectivity index (χ0) is 14.0. The molecule has 1 aromatic heterocycles. The lowest BCUT2D eigenvalue weighted by atomic mass is 9.98. The standard InChI is InChI=1S/C14H17NO3S/c1-14(2,10-3-4-10)15-13(18)9-7-11(19-8-9)5-6-12(16)17/h5-8,10H,3-4H2,1-2H3,(H,15,18)(H,16,17)/b6-5+. The number of hydrogen-bond acceptors (Lipinski definition) is 3. The van der Waals surface area contributed by atoms with Gasteiger partial charge in [0.15, 0.2) is 0 Å². The van der Waals surface area contributed by atoms with E-state index < -0.39 is 5.97 Å². The van der Waals surface area contributed by atoms with E-state index in [-0.39, 0.29) is 11.4 Å². The number of carboxylic acid groups (broad SMARTS) is 1. The van der Waals surface area contributed by atoms with Crippen molar-refractivity contribution >= 4 is 29.3 Å². The van der Waals surface area contributed by atoms with E-state index in [1.165, 1.54) is 30.3 Å². The number of carboxylic acids is 1. The molecule has 1 aliphatic carbocycles. The third-order valence-electron chi connectivity index (χ3n) is 3.31. The average molecular weight is 279 g/mol. The van der Waals surface area contributed by atoms with Gasteiger partial charge < -0.3 is 10.4 Å². The van der Waals surface area contributed by atoms with Crippen LogP contribution in [-0.4, -0.2) is 22.5 Å². The first kappa shape index (κ1) is 13.8. The molecule has 0 aliphatic heterocycles. The van der Waals surface area contributed by atoms with Gasteiger partial charge in [-0.05, 0) is 44.7 Å². The van der Waals surface area contributed by atoms with Crippen LogP contribution in [0.4, 0.5) is 0 Å². The summed E-state index contributed by atoms with van der Waals surface area (Å²) in [6.07, 6.45) is 4.91. The average Bonchev–Trinajstić information content (AvgIpc) is 3.06. The van der Waals surface area contributed by atoms with Gasteiger partial charge >= 0.3 is 5.97 Å². The van der Waals surface area contributed by atoms with Crippen molar-refractivity contribution in [2.24, 2.45) is 5.92 Å². The first-order valence-electron chi connectivity index (χ1n) is 6.20. The Hall–Kier alpha value is -1.62. The SMILES string of the molecule is CC(C)(NC(=O)c1csc(/C=C/C(=O)O)c1)C1CC1. The quantitative estimate of drug-likeness (QED) is 0.814. The van der Waals surface area contributed by atoms with E-state index in [2.05, 4.69) is 5.32 Å². The fourth-order valence-corrected chi connectivity index (χ4v) is 2.76. The molecule has 102 valence electrons. The summed E-state index contributed by atoms with van der Waals surface area (Å²) in [5, 5.41) is 13.3. The lowest BCUT2D eigenvalue weighted by molar-refractivity contribution is -0.131. The van der Waals surface area contributed by atoms with Gasteiger partial charge in [-0.25, -0.2) is 4.79 Å². The molecule has 1 amide bonds. The summed E-state index contributed by atoms with van der Waals surface area (Å²) in [5.74, 6) is -0.515. The Morgan fingerprint density at radius 1 is 1.47 bits per heavy atom. The van der Waals surface area contributed by atoms with E-state index in [4.69, 9.17) is 5.11 Å². The number of nitrogens with one attached hydrogen (secondary N) is 1. The Labute approximate surface area is 116 Å². The maximum atomic E-state index is 12.1. The van der Waals surface area contributed by atoms with Crippen LogP contribution < -0.4 is 5.32 Å². The molecular weight excluding hydrogens is 262 g/mol. The van der Waals surface area contributed by atoms with Crippen LogP contribution in [0.2, 0.25) is 0 Å². The fourth-order valence-electron chi connectivity index (χ4n) is 1.98. The molecule has 0 unspecified atom stereocenters. The van der Waals surface area contributed by atoms with Gasteiger partial charge in [-0.1, -0.05) is 0 Å². The molecule has 1 heterocycles. The van der Waals surface area contributed by atoms with Crippen LogP contribution in [0, 0.1) is 5.92 Å². The number of hydrogen-bond donors (Lipinski definition) is 2. The van der Waals surface area contributed by atoms with Gasteiger partial charge in [-0.15, -0.1) is 11.3 Å². The molecule has 0 bridgehead atoms. The molecule has 1 aromatic rings. The lowest BCUT2D eigenvalue weighted by Crippen LogP contribution is -2.45.